The Morgan fingerprint density at radius 1 is 1.10 bits per heavy atom. The third-order valence-corrected chi connectivity index (χ3v) is 5.40. The van der Waals surface area contributed by atoms with Gasteiger partial charge in [-0.15, -0.1) is 0 Å². The van der Waals surface area contributed by atoms with Crippen molar-refractivity contribution in [3.8, 4) is 5.75 Å². The smallest absolute Gasteiger partial charge is 0.291 e. The van der Waals surface area contributed by atoms with Crippen LogP contribution < -0.4 is 15.6 Å². The summed E-state index contributed by atoms with van der Waals surface area (Å²) < 4.78 is 8.96. The van der Waals surface area contributed by atoms with Gasteiger partial charge in [-0.25, -0.2) is 4.68 Å². The summed E-state index contributed by atoms with van der Waals surface area (Å²) in [5, 5.41) is 8.98. The lowest BCUT2D eigenvalue weighted by molar-refractivity contribution is -0.121. The van der Waals surface area contributed by atoms with E-state index in [-0.39, 0.29) is 11.5 Å². The van der Waals surface area contributed by atoms with Gasteiger partial charge >= 0.3 is 0 Å². The largest absolute Gasteiger partial charge is 0.494 e. The number of hydrogen-bond acceptors (Lipinski definition) is 4. The van der Waals surface area contributed by atoms with Crippen LogP contribution in [0.5, 0.6) is 5.75 Å². The van der Waals surface area contributed by atoms with E-state index >= 15 is 0 Å². The molecule has 0 aliphatic rings. The third-order valence-electron chi connectivity index (χ3n) is 5.40. The molecule has 4 rings (SSSR count). The molecule has 160 valence electrons. The number of benzene rings is 2. The number of nitrogens with one attached hydrogen (secondary N) is 1. The first-order chi connectivity index (χ1) is 15.1. The fourth-order valence-electron chi connectivity index (χ4n) is 3.90. The number of aromatic nitrogens is 3. The molecule has 2 aromatic carbocycles. The molecule has 0 spiro atoms. The highest BCUT2D eigenvalue weighted by Crippen LogP contribution is 2.26. The van der Waals surface area contributed by atoms with Gasteiger partial charge in [0.1, 0.15) is 11.3 Å². The first-order valence-corrected chi connectivity index (χ1v) is 10.5. The van der Waals surface area contributed by atoms with Crippen molar-refractivity contribution in [2.45, 2.75) is 32.9 Å². The Bertz CT molecular complexity index is 1290. The molecule has 0 saturated carbocycles. The van der Waals surface area contributed by atoms with Crippen molar-refractivity contribution in [1.29, 1.82) is 0 Å². The molecule has 0 saturated heterocycles. The zero-order chi connectivity index (χ0) is 21.8. The van der Waals surface area contributed by atoms with Gasteiger partial charge in [0.25, 0.3) is 5.56 Å². The van der Waals surface area contributed by atoms with Crippen LogP contribution in [0.25, 0.3) is 21.8 Å². The third kappa shape index (κ3) is 4.17. The zero-order valence-corrected chi connectivity index (χ0v) is 17.8. The van der Waals surface area contributed by atoms with Crippen LogP contribution in [0.15, 0.2) is 59.5 Å². The van der Waals surface area contributed by atoms with E-state index in [0.29, 0.717) is 38.1 Å². The summed E-state index contributed by atoms with van der Waals surface area (Å²) in [6, 6.07) is 15.6. The van der Waals surface area contributed by atoms with Gasteiger partial charge < -0.3 is 14.6 Å². The highest BCUT2D eigenvalue weighted by Gasteiger charge is 2.15. The molecule has 1 amide bonds. The summed E-state index contributed by atoms with van der Waals surface area (Å²) >= 11 is 0. The lowest BCUT2D eigenvalue weighted by atomic mass is 10.2. The van der Waals surface area contributed by atoms with Crippen molar-refractivity contribution >= 4 is 27.7 Å². The highest BCUT2D eigenvalue weighted by atomic mass is 16.5. The number of hydrogen-bond donors (Lipinski definition) is 1. The summed E-state index contributed by atoms with van der Waals surface area (Å²) in [5.74, 6) is 0.765. The standard InChI is InChI=1S/C24H26N4O3/c1-3-31-21-12-7-4-9-17(21)15-25-22(29)13-8-14-28-20-11-6-5-10-18(20)19-16-26-27(2)24(30)23(19)28/h4-7,9-12,16H,3,8,13-15H2,1-2H3,(H,25,29). The molecule has 7 nitrogen and oxygen atoms in total. The number of ether oxygens (including phenoxy) is 1. The van der Waals surface area contributed by atoms with Gasteiger partial charge in [-0.05, 0) is 25.5 Å². The molecule has 0 unspecified atom stereocenters. The molecule has 4 aromatic rings. The Morgan fingerprint density at radius 2 is 1.87 bits per heavy atom. The Kier molecular flexibility index (Phi) is 6.02. The predicted molar refractivity (Wildman–Crippen MR) is 121 cm³/mol. The molecule has 0 atom stereocenters. The predicted octanol–water partition coefficient (Wildman–Crippen LogP) is 3.38. The van der Waals surface area contributed by atoms with E-state index in [1.54, 1.807) is 13.2 Å². The van der Waals surface area contributed by atoms with Gasteiger partial charge in [-0.2, -0.15) is 5.10 Å². The average molecular weight is 418 g/mol. The normalized spacial score (nSPS) is 11.2. The van der Waals surface area contributed by atoms with E-state index in [9.17, 15) is 9.59 Å². The number of carbonyl (C=O) groups excluding carboxylic acids is 1. The molecular formula is C24H26N4O3. The van der Waals surface area contributed by atoms with Gasteiger partial charge in [0.15, 0.2) is 0 Å². The molecule has 1 N–H and O–H groups in total. The minimum atomic E-state index is -0.134. The molecule has 2 heterocycles. The quantitative estimate of drug-likeness (QED) is 0.476. The fraction of sp³-hybridized carbons (Fsp3) is 0.292. The molecule has 7 heteroatoms. The Hall–Kier alpha value is -3.61. The van der Waals surface area contributed by atoms with Crippen LogP contribution >= 0.6 is 0 Å². The summed E-state index contributed by atoms with van der Waals surface area (Å²) in [6.45, 7) is 3.52. The van der Waals surface area contributed by atoms with E-state index in [1.165, 1.54) is 4.68 Å². The average Bonchev–Trinajstić information content (AvgIpc) is 3.10. The van der Waals surface area contributed by atoms with Crippen LogP contribution in [0.3, 0.4) is 0 Å². The minimum absolute atomic E-state index is 0.0263. The molecule has 0 bridgehead atoms. The molecule has 0 aliphatic heterocycles. The molecule has 2 aromatic heterocycles. The van der Waals surface area contributed by atoms with Crippen LogP contribution in [-0.2, 0) is 24.9 Å². The van der Waals surface area contributed by atoms with Crippen molar-refractivity contribution in [3.63, 3.8) is 0 Å². The number of nitrogens with zero attached hydrogens (tertiary/aromatic N) is 3. The van der Waals surface area contributed by atoms with Gasteiger partial charge in [-0.1, -0.05) is 36.4 Å². The molecule has 31 heavy (non-hydrogen) atoms. The van der Waals surface area contributed by atoms with Crippen molar-refractivity contribution in [3.05, 3.63) is 70.6 Å². The van der Waals surface area contributed by atoms with Crippen LogP contribution in [-0.4, -0.2) is 26.9 Å². The number of amides is 1. The minimum Gasteiger partial charge on any atom is -0.494 e. The highest BCUT2D eigenvalue weighted by molar-refractivity contribution is 6.07. The van der Waals surface area contributed by atoms with E-state index in [4.69, 9.17) is 4.74 Å². The van der Waals surface area contributed by atoms with Crippen molar-refractivity contribution in [2.24, 2.45) is 7.05 Å². The van der Waals surface area contributed by atoms with Crippen LogP contribution in [0.2, 0.25) is 0 Å². The molecule has 0 radical (unpaired) electrons. The van der Waals surface area contributed by atoms with E-state index in [0.717, 1.165) is 27.6 Å². The second kappa shape index (κ2) is 9.04. The van der Waals surface area contributed by atoms with Crippen molar-refractivity contribution in [1.82, 2.24) is 19.7 Å². The number of rotatable bonds is 8. The van der Waals surface area contributed by atoms with Crippen LogP contribution in [0.4, 0.5) is 0 Å². The van der Waals surface area contributed by atoms with E-state index in [1.807, 2.05) is 60.0 Å². The van der Waals surface area contributed by atoms with Crippen molar-refractivity contribution in [2.75, 3.05) is 6.61 Å². The lowest BCUT2D eigenvalue weighted by Gasteiger charge is -2.11. The van der Waals surface area contributed by atoms with Crippen molar-refractivity contribution < 1.29 is 9.53 Å². The second-order valence-corrected chi connectivity index (χ2v) is 7.43. The summed E-state index contributed by atoms with van der Waals surface area (Å²) in [4.78, 5) is 25.2. The number of para-hydroxylation sites is 2. The monoisotopic (exact) mass is 418 g/mol. The van der Waals surface area contributed by atoms with Crippen LogP contribution in [0, 0.1) is 0 Å². The number of carbonyl (C=O) groups is 1. The molecular weight excluding hydrogens is 392 g/mol. The SMILES string of the molecule is CCOc1ccccc1CNC(=O)CCCn1c2ccccc2c2cnn(C)c(=O)c21. The van der Waals surface area contributed by atoms with Gasteiger partial charge in [-0.3, -0.25) is 9.59 Å². The Labute approximate surface area is 180 Å². The fourth-order valence-corrected chi connectivity index (χ4v) is 3.90. The lowest BCUT2D eigenvalue weighted by Crippen LogP contribution is -2.24. The summed E-state index contributed by atoms with van der Waals surface area (Å²) in [6.07, 6.45) is 2.73. The summed E-state index contributed by atoms with van der Waals surface area (Å²) in [7, 11) is 1.65. The maximum Gasteiger partial charge on any atom is 0.291 e. The zero-order valence-electron chi connectivity index (χ0n) is 17.8. The maximum absolute atomic E-state index is 12.7. The Morgan fingerprint density at radius 3 is 2.71 bits per heavy atom. The number of aryl methyl sites for hydroxylation is 2. The summed E-state index contributed by atoms with van der Waals surface area (Å²) in [5.41, 5.74) is 2.43. The van der Waals surface area contributed by atoms with Crippen LogP contribution in [0.1, 0.15) is 25.3 Å². The topological polar surface area (TPSA) is 78.2 Å². The van der Waals surface area contributed by atoms with E-state index in [2.05, 4.69) is 10.4 Å². The van der Waals surface area contributed by atoms with Gasteiger partial charge in [0.2, 0.25) is 5.91 Å². The first kappa shape index (κ1) is 20.7. The number of fused-ring (bicyclic) bond motifs is 3. The van der Waals surface area contributed by atoms with Gasteiger partial charge in [0.05, 0.1) is 12.8 Å². The van der Waals surface area contributed by atoms with Gasteiger partial charge in [0, 0.05) is 48.4 Å². The first-order valence-electron chi connectivity index (χ1n) is 10.5. The van der Waals surface area contributed by atoms with E-state index < -0.39 is 0 Å². The Balaban J connectivity index is 1.46. The maximum atomic E-state index is 12.7. The second-order valence-electron chi connectivity index (χ2n) is 7.43. The molecule has 0 aliphatic carbocycles. The molecule has 0 fully saturated rings.